The molecule has 5 rings (SSSR count). The summed E-state index contributed by atoms with van der Waals surface area (Å²) in [5.74, 6) is 0.990. The number of anilines is 2. The molecule has 1 aliphatic heterocycles. The maximum absolute atomic E-state index is 11.8. The average Bonchev–Trinajstić information content (AvgIpc) is 3.47. The summed E-state index contributed by atoms with van der Waals surface area (Å²) < 4.78 is 6.11. The van der Waals surface area contributed by atoms with Gasteiger partial charge >= 0.3 is 0 Å². The first-order valence-electron chi connectivity index (χ1n) is 11.0. The molecular weight excluding hydrogens is 431 g/mol. The van der Waals surface area contributed by atoms with Gasteiger partial charge in [-0.25, -0.2) is 4.98 Å². The first kappa shape index (κ1) is 25.7. The Morgan fingerprint density at radius 3 is 2.56 bits per heavy atom. The van der Waals surface area contributed by atoms with Crippen LogP contribution in [0, 0.1) is 17.2 Å². The van der Waals surface area contributed by atoms with Crippen molar-refractivity contribution >= 4 is 46.2 Å². The van der Waals surface area contributed by atoms with Gasteiger partial charge in [-0.2, -0.15) is 10.2 Å². The fraction of sp³-hybridized carbons (Fsp3) is 0.524. The molecule has 13 heteroatoms. The van der Waals surface area contributed by atoms with Gasteiger partial charge in [0.05, 0.1) is 29.1 Å². The van der Waals surface area contributed by atoms with E-state index in [0.29, 0.717) is 16.7 Å². The van der Waals surface area contributed by atoms with Crippen LogP contribution in [0.1, 0.15) is 45.2 Å². The summed E-state index contributed by atoms with van der Waals surface area (Å²) in [6.45, 7) is 6.07. The van der Waals surface area contributed by atoms with E-state index in [-0.39, 0.29) is 17.2 Å². The number of rotatable bonds is 3. The third kappa shape index (κ3) is 7.02. The Morgan fingerprint density at radius 2 is 2.12 bits per heavy atom. The van der Waals surface area contributed by atoms with E-state index in [1.807, 2.05) is 13.0 Å². The van der Waals surface area contributed by atoms with Gasteiger partial charge in [-0.1, -0.05) is 6.92 Å². The lowest BCUT2D eigenvalue weighted by molar-refractivity contribution is -0.0147. The molecule has 0 bridgehead atoms. The van der Waals surface area contributed by atoms with Crippen molar-refractivity contribution in [2.45, 2.75) is 50.4 Å². The summed E-state index contributed by atoms with van der Waals surface area (Å²) in [5, 5.41) is 21.8. The van der Waals surface area contributed by atoms with Crippen LogP contribution in [0.2, 0.25) is 0 Å². The van der Waals surface area contributed by atoms with Crippen LogP contribution in [0.25, 0.3) is 11.0 Å². The highest BCUT2D eigenvalue weighted by Gasteiger charge is 2.27. The summed E-state index contributed by atoms with van der Waals surface area (Å²) in [4.78, 5) is 22.8. The maximum Gasteiger partial charge on any atom is 0.287 e. The molecular formula is C21H26B3N7O3. The molecule has 0 spiro atoms. The molecule has 1 atom stereocenters. The molecule has 0 aromatic carbocycles. The van der Waals surface area contributed by atoms with Crippen LogP contribution in [-0.4, -0.2) is 72.2 Å². The number of hydrogen-bond donors (Lipinski definition) is 4. The second-order valence-electron chi connectivity index (χ2n) is 8.98. The maximum atomic E-state index is 11.8. The first-order valence-corrected chi connectivity index (χ1v) is 11.0. The molecule has 3 aromatic rings. The van der Waals surface area contributed by atoms with Crippen LogP contribution in [0.5, 0.6) is 0 Å². The number of aliphatic hydroxyl groups is 1. The molecule has 34 heavy (non-hydrogen) atoms. The Kier molecular flexibility index (Phi) is 7.95. The number of H-pyrrole nitrogens is 2. The van der Waals surface area contributed by atoms with E-state index >= 15 is 0 Å². The number of ether oxygens (including phenoxy) is 1. The van der Waals surface area contributed by atoms with Crippen LogP contribution < -0.4 is 10.9 Å². The summed E-state index contributed by atoms with van der Waals surface area (Å²) in [5.41, 5.74) is 0.191. The second-order valence-corrected chi connectivity index (χ2v) is 8.98. The van der Waals surface area contributed by atoms with Crippen molar-refractivity contribution in [3.05, 3.63) is 34.5 Å². The highest BCUT2D eigenvalue weighted by Crippen LogP contribution is 2.29. The molecule has 10 nitrogen and oxygen atoms in total. The van der Waals surface area contributed by atoms with Crippen molar-refractivity contribution in [2.24, 2.45) is 5.92 Å². The zero-order valence-electron chi connectivity index (χ0n) is 19.3. The van der Waals surface area contributed by atoms with E-state index in [2.05, 4.69) is 32.3 Å². The van der Waals surface area contributed by atoms with Gasteiger partial charge < -0.3 is 24.8 Å². The summed E-state index contributed by atoms with van der Waals surface area (Å²) in [7, 11) is 16.4. The third-order valence-corrected chi connectivity index (χ3v) is 5.47. The van der Waals surface area contributed by atoms with E-state index < -0.39 is 10.8 Å². The van der Waals surface area contributed by atoms with Crippen LogP contribution >= 0.6 is 0 Å². The van der Waals surface area contributed by atoms with E-state index in [1.54, 1.807) is 6.07 Å². The molecule has 1 saturated carbocycles. The molecule has 4 heterocycles. The van der Waals surface area contributed by atoms with E-state index in [4.69, 9.17) is 38.6 Å². The molecule has 2 fully saturated rings. The van der Waals surface area contributed by atoms with Crippen molar-refractivity contribution in [3.63, 3.8) is 0 Å². The first-order chi connectivity index (χ1) is 16.0. The monoisotopic (exact) mass is 457 g/mol. The zero-order chi connectivity index (χ0) is 24.9. The van der Waals surface area contributed by atoms with Gasteiger partial charge in [-0.3, -0.25) is 9.89 Å². The van der Waals surface area contributed by atoms with Gasteiger partial charge in [0, 0.05) is 31.0 Å². The standard InChI is InChI=1S/C11H6B3N7O.2C5H10O/c12-11(13,14)21-4-7(9(22)20-21)18-10-16-3-5-1-6(2-15)17-8(5)19-10;1-5-2-3-6-4-5;1-5(6)3-2-4-5/h1,3-4H,(H,20,22)(H2,16,17,18,19);5H,2-4H2,1H3;6H,2-4H2,1H3. The number of fused-ring (bicyclic) bond motifs is 1. The Bertz CT molecular complexity index is 1190. The van der Waals surface area contributed by atoms with Gasteiger partial charge in [0.2, 0.25) is 5.95 Å². The lowest BCUT2D eigenvalue weighted by Gasteiger charge is -2.31. The summed E-state index contributed by atoms with van der Waals surface area (Å²) in [6.07, 6.45) is 7.32. The lowest BCUT2D eigenvalue weighted by Crippen LogP contribution is -2.36. The third-order valence-electron chi connectivity index (χ3n) is 5.47. The topological polar surface area (TPSA) is 145 Å². The molecule has 1 saturated heterocycles. The van der Waals surface area contributed by atoms with E-state index in [1.165, 1.54) is 25.2 Å². The normalized spacial score (nSPS) is 18.6. The number of aromatic nitrogens is 5. The fourth-order valence-electron chi connectivity index (χ4n) is 3.19. The molecule has 0 amide bonds. The quantitative estimate of drug-likeness (QED) is 0.432. The fourth-order valence-corrected chi connectivity index (χ4v) is 3.19. The molecule has 172 valence electrons. The zero-order valence-corrected chi connectivity index (χ0v) is 19.3. The van der Waals surface area contributed by atoms with Gasteiger partial charge in [0.15, 0.2) is 0 Å². The van der Waals surface area contributed by atoms with Gasteiger partial charge in [0.1, 0.15) is 23.1 Å². The SMILES string of the molecule is CC1(O)CCC1.CC1CCOC1.[B]C([B])([B])n1cc(Nc2ncc3cc(C#N)[nH]c3n2)c(=O)[nH]1. The van der Waals surface area contributed by atoms with E-state index in [9.17, 15) is 4.79 Å². The largest absolute Gasteiger partial charge is 0.390 e. The minimum absolute atomic E-state index is 0.122. The Balaban J connectivity index is 0.000000219. The number of nitrogens with one attached hydrogen (secondary N) is 3. The molecule has 1 aliphatic carbocycles. The van der Waals surface area contributed by atoms with Crippen molar-refractivity contribution in [2.75, 3.05) is 18.5 Å². The number of nitrogens with zero attached hydrogens (tertiary/aromatic N) is 4. The lowest BCUT2D eigenvalue weighted by atomic mass is 9.49. The van der Waals surface area contributed by atoms with Crippen LogP contribution in [0.4, 0.5) is 11.6 Å². The number of nitriles is 1. The van der Waals surface area contributed by atoms with Gasteiger partial charge in [0.25, 0.3) is 5.56 Å². The minimum Gasteiger partial charge on any atom is -0.390 e. The number of aromatic amines is 2. The van der Waals surface area contributed by atoms with E-state index in [0.717, 1.165) is 36.7 Å². The smallest absolute Gasteiger partial charge is 0.287 e. The van der Waals surface area contributed by atoms with Crippen molar-refractivity contribution in [1.82, 2.24) is 24.7 Å². The highest BCUT2D eigenvalue weighted by atomic mass is 16.5. The van der Waals surface area contributed by atoms with Gasteiger partial charge in [-0.05, 0) is 49.8 Å². The summed E-state index contributed by atoms with van der Waals surface area (Å²) >= 11 is 0. The Morgan fingerprint density at radius 1 is 1.41 bits per heavy atom. The van der Waals surface area contributed by atoms with Crippen molar-refractivity contribution < 1.29 is 9.84 Å². The molecule has 3 aromatic heterocycles. The van der Waals surface area contributed by atoms with Gasteiger partial charge in [-0.15, -0.1) is 0 Å². The Labute approximate surface area is 201 Å². The second kappa shape index (κ2) is 10.5. The molecule has 2 aliphatic rings. The predicted molar refractivity (Wildman–Crippen MR) is 131 cm³/mol. The van der Waals surface area contributed by atoms with Crippen molar-refractivity contribution in [1.29, 1.82) is 5.26 Å². The van der Waals surface area contributed by atoms with Crippen LogP contribution in [0.15, 0.2) is 23.3 Å². The molecule has 1 unspecified atom stereocenters. The molecule has 4 N–H and O–H groups in total. The number of hydrogen-bond acceptors (Lipinski definition) is 7. The van der Waals surface area contributed by atoms with Crippen LogP contribution in [0.3, 0.4) is 0 Å². The molecule has 6 radical (unpaired) electrons. The van der Waals surface area contributed by atoms with Crippen LogP contribution in [-0.2, 0) is 9.97 Å². The Hall–Kier alpha value is -2.97. The minimum atomic E-state index is -1.73. The highest BCUT2D eigenvalue weighted by molar-refractivity contribution is 6.56. The summed E-state index contributed by atoms with van der Waals surface area (Å²) in [6, 6.07) is 3.59. The predicted octanol–water partition coefficient (Wildman–Crippen LogP) is 1.10. The average molecular weight is 457 g/mol. The van der Waals surface area contributed by atoms with Crippen molar-refractivity contribution in [3.8, 4) is 6.07 Å².